The van der Waals surface area contributed by atoms with Crippen molar-refractivity contribution in [1.82, 2.24) is 9.47 Å². The molecule has 3 aromatic rings. The molecule has 166 valence electrons. The van der Waals surface area contributed by atoms with Crippen molar-refractivity contribution in [3.8, 4) is 0 Å². The molecule has 32 heavy (non-hydrogen) atoms. The van der Waals surface area contributed by atoms with Crippen molar-refractivity contribution < 1.29 is 23.5 Å². The minimum Gasteiger partial charge on any atom is -0.467 e. The highest BCUT2D eigenvalue weighted by Gasteiger charge is 2.36. The molecule has 1 atom stereocenters. The van der Waals surface area contributed by atoms with E-state index in [-0.39, 0.29) is 31.3 Å². The summed E-state index contributed by atoms with van der Waals surface area (Å²) in [4.78, 5) is 39.0. The molecule has 0 radical (unpaired) electrons. The number of likely N-dealkylation sites (tertiary alicyclic amines) is 1. The summed E-state index contributed by atoms with van der Waals surface area (Å²) in [6, 6.07) is 15.4. The Balaban J connectivity index is 1.34. The number of esters is 1. The van der Waals surface area contributed by atoms with Crippen LogP contribution in [0, 0.1) is 19.8 Å². The lowest BCUT2D eigenvalue weighted by atomic mass is 10.1. The Bertz CT molecular complexity index is 1110. The van der Waals surface area contributed by atoms with Gasteiger partial charge in [0.25, 0.3) is 0 Å². The van der Waals surface area contributed by atoms with E-state index in [1.807, 2.05) is 50.2 Å². The predicted molar refractivity (Wildman–Crippen MR) is 117 cm³/mol. The van der Waals surface area contributed by atoms with E-state index in [0.717, 1.165) is 17.0 Å². The van der Waals surface area contributed by atoms with Gasteiger partial charge in [-0.1, -0.05) is 30.3 Å². The molecule has 0 saturated carbocycles. The summed E-state index contributed by atoms with van der Waals surface area (Å²) in [7, 11) is 0. The van der Waals surface area contributed by atoms with Gasteiger partial charge in [0.15, 0.2) is 6.61 Å². The van der Waals surface area contributed by atoms with Gasteiger partial charge in [0, 0.05) is 36.5 Å². The summed E-state index contributed by atoms with van der Waals surface area (Å²) in [5.41, 5.74) is 3.50. The molecule has 1 amide bonds. The lowest BCUT2D eigenvalue weighted by Crippen LogP contribution is -2.27. The first kappa shape index (κ1) is 21.6. The summed E-state index contributed by atoms with van der Waals surface area (Å²) < 4.78 is 12.6. The molecule has 3 heterocycles. The second kappa shape index (κ2) is 9.26. The molecular formula is C25H26N2O5. The van der Waals surface area contributed by atoms with Crippen molar-refractivity contribution >= 4 is 17.7 Å². The Morgan fingerprint density at radius 2 is 1.88 bits per heavy atom. The number of Topliss-reactive ketones (excluding diaryl/α,β-unsaturated/α-hetero) is 1. The van der Waals surface area contributed by atoms with E-state index in [1.165, 1.54) is 0 Å². The summed E-state index contributed by atoms with van der Waals surface area (Å²) in [5, 5.41) is 0. The van der Waals surface area contributed by atoms with Gasteiger partial charge < -0.3 is 18.6 Å². The molecule has 0 N–H and O–H groups in total. The standard InChI is InChI=1S/C25H26N2O5/c1-17-11-22(18(2)27(17)13-19-7-4-3-5-8-19)23(28)16-32-25(30)20-12-24(29)26(14-20)15-21-9-6-10-31-21/h3-11,20H,12-16H2,1-2H3/t20-/m1/s1. The molecule has 1 fully saturated rings. The highest BCUT2D eigenvalue weighted by molar-refractivity contribution is 5.99. The van der Waals surface area contributed by atoms with Crippen LogP contribution in [0.4, 0.5) is 0 Å². The number of carbonyl (C=O) groups is 3. The predicted octanol–water partition coefficient (Wildman–Crippen LogP) is 3.52. The van der Waals surface area contributed by atoms with Gasteiger partial charge in [-0.25, -0.2) is 0 Å². The zero-order valence-corrected chi connectivity index (χ0v) is 18.2. The average molecular weight is 434 g/mol. The van der Waals surface area contributed by atoms with Gasteiger partial charge in [-0.15, -0.1) is 0 Å². The second-order valence-corrected chi connectivity index (χ2v) is 8.14. The van der Waals surface area contributed by atoms with Crippen LogP contribution in [0.5, 0.6) is 0 Å². The molecule has 2 aromatic heterocycles. The maximum atomic E-state index is 12.8. The molecule has 1 aromatic carbocycles. The molecule has 4 rings (SSSR count). The molecule has 1 saturated heterocycles. The van der Waals surface area contributed by atoms with E-state index in [1.54, 1.807) is 23.3 Å². The lowest BCUT2D eigenvalue weighted by Gasteiger charge is -2.14. The largest absolute Gasteiger partial charge is 0.467 e. The number of rotatable bonds is 8. The normalized spacial score (nSPS) is 15.9. The first-order valence-electron chi connectivity index (χ1n) is 10.6. The van der Waals surface area contributed by atoms with Crippen molar-refractivity contribution in [3.05, 3.63) is 83.1 Å². The van der Waals surface area contributed by atoms with Crippen LogP contribution >= 0.6 is 0 Å². The first-order chi connectivity index (χ1) is 15.4. The Morgan fingerprint density at radius 1 is 1.09 bits per heavy atom. The quantitative estimate of drug-likeness (QED) is 0.400. The Labute approximate surface area is 186 Å². The van der Waals surface area contributed by atoms with Crippen molar-refractivity contribution in [2.75, 3.05) is 13.2 Å². The monoisotopic (exact) mass is 434 g/mol. The van der Waals surface area contributed by atoms with Crippen LogP contribution in [0.25, 0.3) is 0 Å². The fourth-order valence-corrected chi connectivity index (χ4v) is 4.10. The van der Waals surface area contributed by atoms with Gasteiger partial charge >= 0.3 is 5.97 Å². The maximum absolute atomic E-state index is 12.8. The van der Waals surface area contributed by atoms with Gasteiger partial charge in [-0.2, -0.15) is 0 Å². The third-order valence-corrected chi connectivity index (χ3v) is 5.88. The van der Waals surface area contributed by atoms with Crippen LogP contribution in [-0.2, 0) is 27.4 Å². The SMILES string of the molecule is Cc1cc(C(=O)COC(=O)[C@@H]2CC(=O)N(Cc3ccco3)C2)c(C)n1Cc1ccccc1. The van der Waals surface area contributed by atoms with Gasteiger partial charge in [0.2, 0.25) is 11.7 Å². The highest BCUT2D eigenvalue weighted by atomic mass is 16.5. The van der Waals surface area contributed by atoms with E-state index in [2.05, 4.69) is 4.57 Å². The molecule has 1 aliphatic rings. The minimum atomic E-state index is -0.573. The second-order valence-electron chi connectivity index (χ2n) is 8.14. The Hall–Kier alpha value is -3.61. The number of hydrogen-bond donors (Lipinski definition) is 0. The number of ether oxygens (including phenoxy) is 1. The summed E-state index contributed by atoms with van der Waals surface area (Å²) >= 11 is 0. The average Bonchev–Trinajstić information content (AvgIpc) is 3.50. The topological polar surface area (TPSA) is 81.8 Å². The third-order valence-electron chi connectivity index (χ3n) is 5.88. The molecule has 0 unspecified atom stereocenters. The molecule has 0 aliphatic carbocycles. The lowest BCUT2D eigenvalue weighted by molar-refractivity contribution is -0.147. The van der Waals surface area contributed by atoms with Crippen molar-refractivity contribution in [3.63, 3.8) is 0 Å². The number of nitrogens with zero attached hydrogens (tertiary/aromatic N) is 2. The number of aryl methyl sites for hydroxylation is 1. The van der Waals surface area contributed by atoms with Gasteiger partial charge in [-0.05, 0) is 37.6 Å². The number of benzene rings is 1. The summed E-state index contributed by atoms with van der Waals surface area (Å²) in [5.74, 6) is -0.808. The third kappa shape index (κ3) is 4.66. The van der Waals surface area contributed by atoms with Crippen LogP contribution in [0.2, 0.25) is 0 Å². The number of carbonyl (C=O) groups excluding carboxylic acids is 3. The van der Waals surface area contributed by atoms with Crippen molar-refractivity contribution in [1.29, 1.82) is 0 Å². The highest BCUT2D eigenvalue weighted by Crippen LogP contribution is 2.22. The van der Waals surface area contributed by atoms with Crippen molar-refractivity contribution in [2.24, 2.45) is 5.92 Å². The minimum absolute atomic E-state index is 0.0827. The van der Waals surface area contributed by atoms with E-state index >= 15 is 0 Å². The number of ketones is 1. The van der Waals surface area contributed by atoms with Crippen LogP contribution in [0.1, 0.15) is 39.5 Å². The van der Waals surface area contributed by atoms with Crippen LogP contribution in [0.3, 0.4) is 0 Å². The molecule has 0 spiro atoms. The van der Waals surface area contributed by atoms with Gasteiger partial charge in [0.05, 0.1) is 18.7 Å². The first-order valence-corrected chi connectivity index (χ1v) is 10.6. The smallest absolute Gasteiger partial charge is 0.311 e. The molecule has 1 aliphatic heterocycles. The van der Waals surface area contributed by atoms with Crippen LogP contribution in [0.15, 0.2) is 59.2 Å². The summed E-state index contributed by atoms with van der Waals surface area (Å²) in [6.07, 6.45) is 1.63. The van der Waals surface area contributed by atoms with E-state index in [0.29, 0.717) is 24.4 Å². The Kier molecular flexibility index (Phi) is 6.25. The van der Waals surface area contributed by atoms with Crippen LogP contribution < -0.4 is 0 Å². The van der Waals surface area contributed by atoms with E-state index < -0.39 is 11.9 Å². The number of hydrogen-bond acceptors (Lipinski definition) is 5. The van der Waals surface area contributed by atoms with Crippen molar-refractivity contribution in [2.45, 2.75) is 33.4 Å². The number of aromatic nitrogens is 1. The molecule has 7 heteroatoms. The zero-order valence-electron chi connectivity index (χ0n) is 18.2. The number of amides is 1. The van der Waals surface area contributed by atoms with Gasteiger partial charge in [-0.3, -0.25) is 14.4 Å². The molecular weight excluding hydrogens is 408 g/mol. The van der Waals surface area contributed by atoms with Crippen LogP contribution in [-0.4, -0.2) is 40.3 Å². The zero-order chi connectivity index (χ0) is 22.7. The fourth-order valence-electron chi connectivity index (χ4n) is 4.10. The van der Waals surface area contributed by atoms with Gasteiger partial charge in [0.1, 0.15) is 5.76 Å². The Morgan fingerprint density at radius 3 is 2.59 bits per heavy atom. The number of furan rings is 1. The molecule has 7 nitrogen and oxygen atoms in total. The van der Waals surface area contributed by atoms with E-state index in [4.69, 9.17) is 9.15 Å². The molecule has 0 bridgehead atoms. The fraction of sp³-hybridized carbons (Fsp3) is 0.320. The maximum Gasteiger partial charge on any atom is 0.311 e. The van der Waals surface area contributed by atoms with E-state index in [9.17, 15) is 14.4 Å². The summed E-state index contributed by atoms with van der Waals surface area (Å²) in [6.45, 7) is 4.77.